The first-order valence-electron chi connectivity index (χ1n) is 11.7. The number of sulfonamides is 1. The van der Waals surface area contributed by atoms with Gasteiger partial charge in [-0.3, -0.25) is 4.79 Å². The zero-order chi connectivity index (χ0) is 24.8. The van der Waals surface area contributed by atoms with Crippen molar-refractivity contribution in [2.24, 2.45) is 0 Å². The number of rotatable bonds is 9. The van der Waals surface area contributed by atoms with Gasteiger partial charge in [0.2, 0.25) is 10.0 Å². The van der Waals surface area contributed by atoms with Crippen molar-refractivity contribution < 1.29 is 13.2 Å². The number of imidazole rings is 1. The molecule has 1 N–H and O–H groups in total. The predicted octanol–water partition coefficient (Wildman–Crippen LogP) is 5.42. The molecule has 0 unspecified atom stereocenters. The van der Waals surface area contributed by atoms with Gasteiger partial charge in [-0.15, -0.1) is 0 Å². The fourth-order valence-corrected chi connectivity index (χ4v) is 5.01. The van der Waals surface area contributed by atoms with Crippen molar-refractivity contribution in [3.63, 3.8) is 0 Å². The van der Waals surface area contributed by atoms with Crippen LogP contribution in [0.15, 0.2) is 72.8 Å². The van der Waals surface area contributed by atoms with Crippen molar-refractivity contribution in [1.82, 2.24) is 14.3 Å². The molecule has 0 spiro atoms. The van der Waals surface area contributed by atoms with Crippen LogP contribution in [-0.2, 0) is 16.6 Å². The third-order valence-corrected chi connectivity index (χ3v) is 7.13. The second-order valence-electron chi connectivity index (χ2n) is 8.54. The van der Waals surface area contributed by atoms with Gasteiger partial charge in [-0.2, -0.15) is 0 Å². The van der Waals surface area contributed by atoms with Gasteiger partial charge in [0.1, 0.15) is 5.82 Å². The van der Waals surface area contributed by atoms with Crippen molar-refractivity contribution in [2.75, 3.05) is 5.75 Å². The molecule has 1 amide bonds. The van der Waals surface area contributed by atoms with E-state index in [1.165, 1.54) is 0 Å². The van der Waals surface area contributed by atoms with E-state index in [1.807, 2.05) is 36.6 Å². The molecular weight excluding hydrogens is 458 g/mol. The Bertz CT molecular complexity index is 1450. The lowest BCUT2D eigenvalue weighted by molar-refractivity contribution is 0.0981. The third kappa shape index (κ3) is 6.25. The van der Waals surface area contributed by atoms with Gasteiger partial charge in [-0.25, -0.2) is 18.1 Å². The Labute approximate surface area is 206 Å². The summed E-state index contributed by atoms with van der Waals surface area (Å²) in [6.45, 7) is 4.42. The van der Waals surface area contributed by atoms with Crippen LogP contribution in [0.25, 0.3) is 23.2 Å². The first kappa shape index (κ1) is 24.4. The van der Waals surface area contributed by atoms with Gasteiger partial charge in [0.25, 0.3) is 5.91 Å². The Morgan fingerprint density at radius 1 is 0.971 bits per heavy atom. The highest BCUT2D eigenvalue weighted by atomic mass is 32.2. The third-order valence-electron chi connectivity index (χ3n) is 5.80. The van der Waals surface area contributed by atoms with Crippen LogP contribution in [0.2, 0.25) is 0 Å². The number of hydrogen-bond acceptors (Lipinski definition) is 4. The maximum atomic E-state index is 12.6. The zero-order valence-corrected chi connectivity index (χ0v) is 20.8. The number of benzene rings is 3. The number of hydrogen-bond donors (Lipinski definition) is 1. The van der Waals surface area contributed by atoms with E-state index in [-0.39, 0.29) is 5.75 Å². The van der Waals surface area contributed by atoms with Crippen LogP contribution in [0.1, 0.15) is 52.6 Å². The van der Waals surface area contributed by atoms with Crippen LogP contribution in [0.5, 0.6) is 0 Å². The van der Waals surface area contributed by atoms with Gasteiger partial charge in [0.05, 0.1) is 16.8 Å². The average molecular weight is 488 g/mol. The van der Waals surface area contributed by atoms with E-state index in [2.05, 4.69) is 58.3 Å². The molecule has 0 bridgehead atoms. The van der Waals surface area contributed by atoms with Crippen molar-refractivity contribution in [3.8, 4) is 0 Å². The molecule has 0 radical (unpaired) electrons. The summed E-state index contributed by atoms with van der Waals surface area (Å²) in [6.07, 6.45) is 5.41. The van der Waals surface area contributed by atoms with Gasteiger partial charge in [-0.1, -0.05) is 80.1 Å². The SMILES string of the molecule is CCCCS(=O)(=O)NC(=O)c1ccc2nc(C)n(Cc3ccc(/C=C/c4ccccc4)cc3)c2c1. The number of unbranched alkanes of at least 4 members (excludes halogenated alkanes) is 1. The summed E-state index contributed by atoms with van der Waals surface area (Å²) < 4.78 is 28.5. The lowest BCUT2D eigenvalue weighted by Crippen LogP contribution is -2.32. The van der Waals surface area contributed by atoms with E-state index in [4.69, 9.17) is 0 Å². The monoisotopic (exact) mass is 487 g/mol. The summed E-state index contributed by atoms with van der Waals surface area (Å²) in [7, 11) is -3.65. The summed E-state index contributed by atoms with van der Waals surface area (Å²) in [5, 5.41) is 0. The van der Waals surface area contributed by atoms with Crippen LogP contribution in [0.4, 0.5) is 0 Å². The molecule has 35 heavy (non-hydrogen) atoms. The smallest absolute Gasteiger partial charge is 0.264 e. The average Bonchev–Trinajstić information content (AvgIpc) is 3.16. The maximum absolute atomic E-state index is 12.6. The number of aryl methyl sites for hydroxylation is 1. The number of nitrogens with zero attached hydrogens (tertiary/aromatic N) is 2. The van der Waals surface area contributed by atoms with Crippen molar-refractivity contribution in [1.29, 1.82) is 0 Å². The molecule has 0 fully saturated rings. The maximum Gasteiger partial charge on any atom is 0.264 e. The molecule has 0 aliphatic heterocycles. The first-order valence-corrected chi connectivity index (χ1v) is 13.3. The van der Waals surface area contributed by atoms with E-state index >= 15 is 0 Å². The summed E-state index contributed by atoms with van der Waals surface area (Å²) >= 11 is 0. The zero-order valence-electron chi connectivity index (χ0n) is 19.9. The van der Waals surface area contributed by atoms with E-state index in [1.54, 1.807) is 18.2 Å². The molecule has 0 aliphatic carbocycles. The van der Waals surface area contributed by atoms with Gasteiger partial charge < -0.3 is 4.57 Å². The minimum atomic E-state index is -3.65. The van der Waals surface area contributed by atoms with Crippen molar-refractivity contribution >= 4 is 39.1 Å². The fourth-order valence-electron chi connectivity index (χ4n) is 3.84. The van der Waals surface area contributed by atoms with Crippen LogP contribution in [-0.4, -0.2) is 29.6 Å². The second-order valence-corrected chi connectivity index (χ2v) is 10.4. The number of nitrogens with one attached hydrogen (secondary N) is 1. The van der Waals surface area contributed by atoms with Crippen LogP contribution < -0.4 is 4.72 Å². The standard InChI is InChI=1S/C28H29N3O3S/c1-3-4-18-35(33,34)30-28(32)25-16-17-26-27(19-25)31(21(2)29-26)20-24-14-12-23(13-15-24)11-10-22-8-6-5-7-9-22/h5-17,19H,3-4,18,20H2,1-2H3,(H,30,32)/b11-10+. The van der Waals surface area contributed by atoms with E-state index in [0.717, 1.165) is 40.0 Å². The van der Waals surface area contributed by atoms with Gasteiger partial charge in [0.15, 0.2) is 0 Å². The summed E-state index contributed by atoms with van der Waals surface area (Å²) in [5.41, 5.74) is 5.19. The number of amides is 1. The molecule has 7 heteroatoms. The minimum absolute atomic E-state index is 0.0644. The molecule has 6 nitrogen and oxygen atoms in total. The van der Waals surface area contributed by atoms with Crippen LogP contribution in [0, 0.1) is 6.92 Å². The molecule has 180 valence electrons. The molecule has 1 aromatic heterocycles. The number of carbonyl (C=O) groups is 1. The van der Waals surface area contributed by atoms with Crippen LogP contribution in [0.3, 0.4) is 0 Å². The largest absolute Gasteiger partial charge is 0.324 e. The normalized spacial score (nSPS) is 11.8. The quantitative estimate of drug-likeness (QED) is 0.320. The molecule has 1 heterocycles. The van der Waals surface area contributed by atoms with E-state index in [9.17, 15) is 13.2 Å². The number of aromatic nitrogens is 2. The highest BCUT2D eigenvalue weighted by molar-refractivity contribution is 7.90. The predicted molar refractivity (Wildman–Crippen MR) is 142 cm³/mol. The Hall–Kier alpha value is -3.71. The molecular formula is C28H29N3O3S. The first-order chi connectivity index (χ1) is 16.8. The minimum Gasteiger partial charge on any atom is -0.324 e. The Kier molecular flexibility index (Phi) is 7.46. The summed E-state index contributed by atoms with van der Waals surface area (Å²) in [5.74, 6) is 0.134. The van der Waals surface area contributed by atoms with E-state index in [0.29, 0.717) is 18.5 Å². The molecule has 4 aromatic rings. The van der Waals surface area contributed by atoms with Crippen LogP contribution >= 0.6 is 0 Å². The topological polar surface area (TPSA) is 81.1 Å². The molecule has 0 saturated carbocycles. The van der Waals surface area contributed by atoms with Gasteiger partial charge in [0, 0.05) is 12.1 Å². The van der Waals surface area contributed by atoms with Crippen molar-refractivity contribution in [3.05, 3.63) is 101 Å². The van der Waals surface area contributed by atoms with Gasteiger partial charge in [-0.05, 0) is 48.2 Å². The molecule has 0 atom stereocenters. The second kappa shape index (κ2) is 10.7. The summed E-state index contributed by atoms with van der Waals surface area (Å²) in [4.78, 5) is 17.2. The lowest BCUT2D eigenvalue weighted by atomic mass is 10.1. The lowest BCUT2D eigenvalue weighted by Gasteiger charge is -2.09. The highest BCUT2D eigenvalue weighted by Crippen LogP contribution is 2.20. The number of fused-ring (bicyclic) bond motifs is 1. The fraction of sp³-hybridized carbons (Fsp3) is 0.214. The molecule has 0 saturated heterocycles. The number of carbonyl (C=O) groups excluding carboxylic acids is 1. The summed E-state index contributed by atoms with van der Waals surface area (Å²) in [6, 6.07) is 23.5. The Morgan fingerprint density at radius 3 is 2.34 bits per heavy atom. The van der Waals surface area contributed by atoms with E-state index < -0.39 is 15.9 Å². The molecule has 4 rings (SSSR count). The van der Waals surface area contributed by atoms with Gasteiger partial charge >= 0.3 is 0 Å². The van der Waals surface area contributed by atoms with Crippen molar-refractivity contribution in [2.45, 2.75) is 33.2 Å². The Morgan fingerprint density at radius 2 is 1.66 bits per heavy atom. The Balaban J connectivity index is 1.53. The highest BCUT2D eigenvalue weighted by Gasteiger charge is 2.17. The molecule has 0 aliphatic rings. The molecule has 3 aromatic carbocycles.